The zero-order valence-electron chi connectivity index (χ0n) is 8.64. The highest BCUT2D eigenvalue weighted by Gasteiger charge is 2.24. The van der Waals surface area contributed by atoms with Crippen LogP contribution in [0.5, 0.6) is 0 Å². The van der Waals surface area contributed by atoms with Crippen molar-refractivity contribution in [2.45, 2.75) is 12.5 Å². The number of hydrogen-bond acceptors (Lipinski definition) is 2. The quantitative estimate of drug-likeness (QED) is 0.845. The van der Waals surface area contributed by atoms with Gasteiger partial charge in [-0.15, -0.1) is 0 Å². The maximum atomic E-state index is 12.6. The van der Waals surface area contributed by atoms with Gasteiger partial charge in [-0.25, -0.2) is 9.37 Å². The van der Waals surface area contributed by atoms with Crippen LogP contribution in [0, 0.1) is 5.82 Å². The van der Waals surface area contributed by atoms with E-state index in [2.05, 4.69) is 42.2 Å². The topological polar surface area (TPSA) is 42.0 Å². The molecule has 6 heteroatoms. The maximum Gasteiger partial charge on any atom is 0.270 e. The average Bonchev–Trinajstić information content (AvgIpc) is 2.29. The van der Waals surface area contributed by atoms with Crippen molar-refractivity contribution in [3.8, 4) is 0 Å². The summed E-state index contributed by atoms with van der Waals surface area (Å²) in [7, 11) is 0. The monoisotopic (exact) mass is 352 g/mol. The fourth-order valence-corrected chi connectivity index (χ4v) is 2.16. The Labute approximate surface area is 110 Å². The highest BCUT2D eigenvalue weighted by Crippen LogP contribution is 2.12. The molecule has 1 rings (SSSR count). The zero-order valence-corrected chi connectivity index (χ0v) is 11.8. The number of nitrogens with one attached hydrogen (secondary N) is 1. The number of hydrogen-bond donors (Lipinski definition) is 1. The fourth-order valence-electron chi connectivity index (χ4n) is 0.951. The van der Waals surface area contributed by atoms with Crippen LogP contribution in [-0.4, -0.2) is 27.1 Å². The molecule has 1 aromatic rings. The molecule has 16 heavy (non-hydrogen) atoms. The lowest BCUT2D eigenvalue weighted by Gasteiger charge is -2.26. The summed E-state index contributed by atoms with van der Waals surface area (Å²) in [5.74, 6) is -0.776. The van der Waals surface area contributed by atoms with E-state index in [1.165, 1.54) is 12.1 Å². The number of aromatic nitrogens is 1. The molecule has 1 aromatic heterocycles. The molecular weight excluding hydrogens is 343 g/mol. The highest BCUT2D eigenvalue weighted by molar-refractivity contribution is 9.09. The molecule has 1 amide bonds. The van der Waals surface area contributed by atoms with E-state index in [-0.39, 0.29) is 11.6 Å². The van der Waals surface area contributed by atoms with Gasteiger partial charge in [0, 0.05) is 10.7 Å². The van der Waals surface area contributed by atoms with E-state index in [0.29, 0.717) is 10.7 Å². The summed E-state index contributed by atoms with van der Waals surface area (Å²) in [6, 6.07) is 2.56. The summed E-state index contributed by atoms with van der Waals surface area (Å²) in [6.45, 7) is 1.89. The van der Waals surface area contributed by atoms with Gasteiger partial charge >= 0.3 is 0 Å². The molecule has 0 unspecified atom stereocenters. The molecule has 1 N–H and O–H groups in total. The Hall–Kier alpha value is -0.490. The van der Waals surface area contributed by atoms with E-state index >= 15 is 0 Å². The Bertz CT molecular complexity index is 366. The molecule has 3 nitrogen and oxygen atoms in total. The molecule has 0 aromatic carbocycles. The third-order valence-corrected chi connectivity index (χ3v) is 4.44. The van der Waals surface area contributed by atoms with E-state index < -0.39 is 11.4 Å². The van der Waals surface area contributed by atoms with Crippen molar-refractivity contribution < 1.29 is 9.18 Å². The molecule has 1 heterocycles. The van der Waals surface area contributed by atoms with Crippen molar-refractivity contribution in [1.82, 2.24) is 10.3 Å². The first kappa shape index (κ1) is 13.6. The Morgan fingerprint density at radius 1 is 1.50 bits per heavy atom. The van der Waals surface area contributed by atoms with Crippen molar-refractivity contribution in [3.63, 3.8) is 0 Å². The Morgan fingerprint density at radius 3 is 2.56 bits per heavy atom. The number of nitrogens with zero attached hydrogens (tertiary/aromatic N) is 1. The predicted octanol–water partition coefficient (Wildman–Crippen LogP) is 2.50. The number of carbonyl (C=O) groups is 1. The van der Waals surface area contributed by atoms with Crippen LogP contribution < -0.4 is 5.32 Å². The number of alkyl halides is 2. The van der Waals surface area contributed by atoms with Crippen LogP contribution in [0.4, 0.5) is 4.39 Å². The number of pyridine rings is 1. The molecule has 0 spiro atoms. The standard InChI is InChI=1S/C10H11Br2FN2O/c1-10(5-11,6-12)15-9(16)8-3-2-7(13)4-14-8/h2-4H,5-6H2,1H3,(H,15,16). The van der Waals surface area contributed by atoms with Gasteiger partial charge in [-0.1, -0.05) is 31.9 Å². The van der Waals surface area contributed by atoms with Gasteiger partial charge in [-0.3, -0.25) is 4.79 Å². The van der Waals surface area contributed by atoms with E-state index in [0.717, 1.165) is 6.20 Å². The Balaban J connectivity index is 2.76. The molecular formula is C10H11Br2FN2O. The Kier molecular flexibility index (Phi) is 4.86. The van der Waals surface area contributed by atoms with Gasteiger partial charge in [0.15, 0.2) is 0 Å². The van der Waals surface area contributed by atoms with Crippen molar-refractivity contribution in [2.24, 2.45) is 0 Å². The predicted molar refractivity (Wildman–Crippen MR) is 67.7 cm³/mol. The summed E-state index contributed by atoms with van der Waals surface area (Å²) in [4.78, 5) is 15.5. The lowest BCUT2D eigenvalue weighted by Crippen LogP contribution is -2.49. The minimum absolute atomic E-state index is 0.203. The molecule has 0 bridgehead atoms. The highest BCUT2D eigenvalue weighted by atomic mass is 79.9. The number of halogens is 3. The van der Waals surface area contributed by atoms with E-state index in [1.807, 2.05) is 6.92 Å². The molecule has 0 radical (unpaired) electrons. The van der Waals surface area contributed by atoms with Gasteiger partial charge in [0.05, 0.1) is 11.7 Å². The van der Waals surface area contributed by atoms with E-state index in [4.69, 9.17) is 0 Å². The molecule has 0 saturated heterocycles. The third-order valence-electron chi connectivity index (χ3n) is 1.97. The molecule has 0 atom stereocenters. The van der Waals surface area contributed by atoms with Gasteiger partial charge in [-0.2, -0.15) is 0 Å². The molecule has 88 valence electrons. The lowest BCUT2D eigenvalue weighted by atomic mass is 10.1. The van der Waals surface area contributed by atoms with Gasteiger partial charge in [-0.05, 0) is 19.1 Å². The SMILES string of the molecule is CC(CBr)(CBr)NC(=O)c1ccc(F)cn1. The molecule has 0 aliphatic rings. The van der Waals surface area contributed by atoms with Crippen LogP contribution in [0.25, 0.3) is 0 Å². The van der Waals surface area contributed by atoms with Crippen molar-refractivity contribution in [2.75, 3.05) is 10.7 Å². The first-order chi connectivity index (χ1) is 7.50. The van der Waals surface area contributed by atoms with Gasteiger partial charge in [0.2, 0.25) is 0 Å². The van der Waals surface area contributed by atoms with Crippen molar-refractivity contribution in [3.05, 3.63) is 29.8 Å². The second-order valence-electron chi connectivity index (χ2n) is 3.64. The first-order valence-corrected chi connectivity index (χ1v) is 6.81. The van der Waals surface area contributed by atoms with Crippen LogP contribution in [0.2, 0.25) is 0 Å². The van der Waals surface area contributed by atoms with Gasteiger partial charge < -0.3 is 5.32 Å². The second-order valence-corrected chi connectivity index (χ2v) is 4.77. The summed E-state index contributed by atoms with van der Waals surface area (Å²) < 4.78 is 12.6. The van der Waals surface area contributed by atoms with Crippen LogP contribution in [-0.2, 0) is 0 Å². The third kappa shape index (κ3) is 3.52. The number of carbonyl (C=O) groups excluding carboxylic acids is 1. The molecule has 0 aliphatic carbocycles. The zero-order chi connectivity index (χ0) is 12.2. The van der Waals surface area contributed by atoms with Gasteiger partial charge in [0.25, 0.3) is 5.91 Å². The normalized spacial score (nSPS) is 11.2. The van der Waals surface area contributed by atoms with E-state index in [9.17, 15) is 9.18 Å². The molecule has 0 aliphatic heterocycles. The van der Waals surface area contributed by atoms with Gasteiger partial charge in [0.1, 0.15) is 11.5 Å². The Morgan fingerprint density at radius 2 is 2.12 bits per heavy atom. The summed E-state index contributed by atoms with van der Waals surface area (Å²) in [6.07, 6.45) is 1.02. The van der Waals surface area contributed by atoms with Crippen LogP contribution in [0.1, 0.15) is 17.4 Å². The summed E-state index contributed by atoms with van der Waals surface area (Å²) in [5, 5.41) is 4.03. The minimum atomic E-state index is -0.458. The second kappa shape index (κ2) is 5.72. The summed E-state index contributed by atoms with van der Waals surface area (Å²) in [5.41, 5.74) is -0.192. The summed E-state index contributed by atoms with van der Waals surface area (Å²) >= 11 is 6.64. The number of amides is 1. The largest absolute Gasteiger partial charge is 0.344 e. The minimum Gasteiger partial charge on any atom is -0.344 e. The smallest absolute Gasteiger partial charge is 0.270 e. The van der Waals surface area contributed by atoms with Crippen LogP contribution >= 0.6 is 31.9 Å². The lowest BCUT2D eigenvalue weighted by molar-refractivity contribution is 0.0917. The maximum absolute atomic E-state index is 12.6. The van der Waals surface area contributed by atoms with E-state index in [1.54, 1.807) is 0 Å². The molecule has 0 saturated carbocycles. The van der Waals surface area contributed by atoms with Crippen molar-refractivity contribution in [1.29, 1.82) is 0 Å². The van der Waals surface area contributed by atoms with Crippen molar-refractivity contribution >= 4 is 37.8 Å². The average molecular weight is 354 g/mol. The first-order valence-electron chi connectivity index (χ1n) is 4.57. The molecule has 0 fully saturated rings. The van der Waals surface area contributed by atoms with Crippen LogP contribution in [0.3, 0.4) is 0 Å². The van der Waals surface area contributed by atoms with Crippen LogP contribution in [0.15, 0.2) is 18.3 Å². The fraction of sp³-hybridized carbons (Fsp3) is 0.400. The number of rotatable bonds is 4.